The van der Waals surface area contributed by atoms with Crippen molar-refractivity contribution in [2.24, 2.45) is 5.73 Å². The topological polar surface area (TPSA) is 246 Å². The highest BCUT2D eigenvalue weighted by atomic mass is 16.7. The van der Waals surface area contributed by atoms with Crippen molar-refractivity contribution < 1.29 is 77.2 Å². The minimum atomic E-state index is -2.82. The van der Waals surface area contributed by atoms with Crippen LogP contribution in [-0.4, -0.2) is 129 Å². The van der Waals surface area contributed by atoms with E-state index in [0.29, 0.717) is 12.8 Å². The SMILES string of the molecule is CC1OC(OC2CCC(OC3(C)CC(=O)C4(O)C5=C(C=CC4(O)C3)C(=O)c3c(ccc(C4CC6OC7CC(=O)C(C)OC7OC6C(C)O4)c3O)C5=O)OC2C)C(N)=CC1=O. The van der Waals surface area contributed by atoms with E-state index in [1.165, 1.54) is 24.3 Å². The van der Waals surface area contributed by atoms with Crippen molar-refractivity contribution in [1.82, 2.24) is 0 Å². The summed E-state index contributed by atoms with van der Waals surface area (Å²) in [5, 5.41) is 36.1. The van der Waals surface area contributed by atoms with E-state index in [1.54, 1.807) is 34.6 Å². The molecule has 1 saturated carbocycles. The van der Waals surface area contributed by atoms with Crippen LogP contribution in [0.5, 0.6) is 5.75 Å². The normalized spacial score (nSPS) is 44.0. The maximum Gasteiger partial charge on any atom is 0.199 e. The maximum atomic E-state index is 14.4. The Bertz CT molecular complexity index is 2160. The summed E-state index contributed by atoms with van der Waals surface area (Å²) in [7, 11) is 0. The second kappa shape index (κ2) is 14.5. The van der Waals surface area contributed by atoms with E-state index in [9.17, 15) is 39.3 Å². The summed E-state index contributed by atoms with van der Waals surface area (Å²) in [6.45, 7) is 8.41. The van der Waals surface area contributed by atoms with Gasteiger partial charge in [-0.25, -0.2) is 0 Å². The number of phenolic OH excluding ortho intramolecular Hbond substituents is 1. The molecule has 0 bridgehead atoms. The quantitative estimate of drug-likeness (QED) is 0.331. The first-order valence-corrected chi connectivity index (χ1v) is 20.5. The summed E-state index contributed by atoms with van der Waals surface area (Å²) < 4.78 is 48.6. The number of fused-ring (bicyclic) bond motifs is 5. The fraction of sp³-hybridized carbons (Fsp3) is 0.605. The Balaban J connectivity index is 0.909. The molecule has 0 aromatic heterocycles. The summed E-state index contributed by atoms with van der Waals surface area (Å²) in [4.78, 5) is 67.1. The van der Waals surface area contributed by atoms with Crippen LogP contribution in [-0.2, 0) is 52.3 Å². The van der Waals surface area contributed by atoms with Crippen LogP contribution < -0.4 is 5.73 Å². The number of carbonyl (C=O) groups is 5. The number of Topliss-reactive ketones (excluding diaryl/α,β-unsaturated/α-hetero) is 4. The molecule has 1 aromatic carbocycles. The number of hydrogen-bond donors (Lipinski definition) is 4. The zero-order chi connectivity index (χ0) is 42.8. The van der Waals surface area contributed by atoms with E-state index < -0.39 is 126 Å². The first kappa shape index (κ1) is 41.3. The average molecular weight is 836 g/mol. The zero-order valence-corrected chi connectivity index (χ0v) is 33.8. The third-order valence-corrected chi connectivity index (χ3v) is 13.3. The number of carbonyl (C=O) groups excluding carboxylic acids is 5. The smallest absolute Gasteiger partial charge is 0.199 e. The molecular weight excluding hydrogens is 786 g/mol. The van der Waals surface area contributed by atoms with Gasteiger partial charge in [0.05, 0.1) is 53.0 Å². The molecule has 1 aromatic rings. The second-order valence-electron chi connectivity index (χ2n) is 17.6. The highest BCUT2D eigenvalue weighted by Gasteiger charge is 2.67. The van der Waals surface area contributed by atoms with Gasteiger partial charge in [0.1, 0.15) is 35.8 Å². The van der Waals surface area contributed by atoms with Crippen molar-refractivity contribution in [2.75, 3.05) is 0 Å². The minimum absolute atomic E-state index is 0.104. The van der Waals surface area contributed by atoms with E-state index in [1.807, 2.05) is 0 Å². The van der Waals surface area contributed by atoms with Gasteiger partial charge in [-0.05, 0) is 53.2 Å². The van der Waals surface area contributed by atoms with Crippen molar-refractivity contribution in [2.45, 2.75) is 164 Å². The number of aromatic hydroxyl groups is 1. The second-order valence-corrected chi connectivity index (χ2v) is 17.6. The largest absolute Gasteiger partial charge is 0.507 e. The van der Waals surface area contributed by atoms with Gasteiger partial charge in [0.15, 0.2) is 53.4 Å². The number of ether oxygens (including phenoxy) is 8. The molecule has 3 aliphatic carbocycles. The van der Waals surface area contributed by atoms with E-state index >= 15 is 0 Å². The van der Waals surface area contributed by atoms with Crippen molar-refractivity contribution in [3.63, 3.8) is 0 Å². The molecule has 9 rings (SSSR count). The Morgan fingerprint density at radius 3 is 2.38 bits per heavy atom. The summed E-state index contributed by atoms with van der Waals surface area (Å²) in [5.74, 6) is -3.54. The predicted molar refractivity (Wildman–Crippen MR) is 202 cm³/mol. The summed E-state index contributed by atoms with van der Waals surface area (Å²) >= 11 is 0. The standard InChI is InChI=1S/C43H49NO16/c1-17-25(45)12-24(44)39(55-17)58-27-8-9-32(54-19(27)3)60-41(5)15-31(47)43(52)34-23(10-11-42(43,51)16-41)36(49)33-22(37(34)50)7-6-21(35(33)48)28-14-29-38(20(4)53-28)59-40-30(57-29)13-26(46)18(2)56-40/h6-7,10-12,17-20,27-30,32,38-40,48,51-52H,8-9,13-16,44H2,1-5H3. The van der Waals surface area contributed by atoms with Gasteiger partial charge in [0.25, 0.3) is 0 Å². The van der Waals surface area contributed by atoms with Crippen LogP contribution in [0.2, 0.25) is 0 Å². The van der Waals surface area contributed by atoms with Crippen molar-refractivity contribution in [3.8, 4) is 5.75 Å². The van der Waals surface area contributed by atoms with E-state index in [4.69, 9.17) is 43.6 Å². The van der Waals surface area contributed by atoms with Crippen LogP contribution in [0.3, 0.4) is 0 Å². The molecule has 0 amide bonds. The number of benzene rings is 1. The maximum absolute atomic E-state index is 14.4. The number of aliphatic hydroxyl groups is 2. The van der Waals surface area contributed by atoms with Gasteiger partial charge in [-0.3, -0.25) is 24.0 Å². The van der Waals surface area contributed by atoms with Gasteiger partial charge in [-0.15, -0.1) is 0 Å². The first-order valence-electron chi connectivity index (χ1n) is 20.5. The molecule has 8 aliphatic rings. The molecule has 5 aliphatic heterocycles. The lowest BCUT2D eigenvalue weighted by atomic mass is 9.57. The van der Waals surface area contributed by atoms with E-state index in [-0.39, 0.29) is 58.8 Å². The molecule has 322 valence electrons. The van der Waals surface area contributed by atoms with Crippen LogP contribution in [0.15, 0.2) is 47.2 Å². The third-order valence-electron chi connectivity index (χ3n) is 13.3. The lowest BCUT2D eigenvalue weighted by Gasteiger charge is -2.53. The number of phenols is 1. The van der Waals surface area contributed by atoms with Crippen molar-refractivity contribution >= 4 is 28.9 Å². The number of hydrogen-bond acceptors (Lipinski definition) is 17. The zero-order valence-electron chi connectivity index (χ0n) is 33.8. The summed E-state index contributed by atoms with van der Waals surface area (Å²) in [5.41, 5.74) is -1.72. The summed E-state index contributed by atoms with van der Waals surface area (Å²) in [6, 6.07) is 2.78. The van der Waals surface area contributed by atoms with Gasteiger partial charge >= 0.3 is 0 Å². The molecular formula is C43H49NO16. The van der Waals surface area contributed by atoms with E-state index in [0.717, 1.165) is 6.08 Å². The highest BCUT2D eigenvalue weighted by Crippen LogP contribution is 2.53. The molecule has 0 radical (unpaired) electrons. The Hall–Kier alpha value is -4.01. The Morgan fingerprint density at radius 1 is 0.867 bits per heavy atom. The van der Waals surface area contributed by atoms with Crippen molar-refractivity contribution in [1.29, 1.82) is 0 Å². The monoisotopic (exact) mass is 835 g/mol. The lowest BCUT2D eigenvalue weighted by molar-refractivity contribution is -0.347. The van der Waals surface area contributed by atoms with Crippen LogP contribution in [0.25, 0.3) is 0 Å². The molecule has 60 heavy (non-hydrogen) atoms. The van der Waals surface area contributed by atoms with Crippen LogP contribution in [0.4, 0.5) is 0 Å². The molecule has 17 nitrogen and oxygen atoms in total. The number of nitrogens with two attached hydrogens (primary N) is 1. The summed E-state index contributed by atoms with van der Waals surface area (Å²) in [6.07, 6.45) is -4.00. The van der Waals surface area contributed by atoms with Crippen LogP contribution >= 0.6 is 0 Å². The fourth-order valence-electron chi connectivity index (χ4n) is 10.1. The number of ketones is 5. The first-order chi connectivity index (χ1) is 28.3. The van der Waals surface area contributed by atoms with E-state index in [2.05, 4.69) is 0 Å². The van der Waals surface area contributed by atoms with Gasteiger partial charge in [0.2, 0.25) is 0 Å². The Labute approximate surface area is 344 Å². The Kier molecular flexibility index (Phi) is 10.0. The van der Waals surface area contributed by atoms with Crippen LogP contribution in [0, 0.1) is 0 Å². The molecule has 5 N–H and O–H groups in total. The molecule has 5 fully saturated rings. The molecule has 0 spiro atoms. The van der Waals surface area contributed by atoms with Gasteiger partial charge < -0.3 is 58.9 Å². The number of allylic oxidation sites excluding steroid dienone is 2. The van der Waals surface area contributed by atoms with Gasteiger partial charge in [-0.1, -0.05) is 12.1 Å². The van der Waals surface area contributed by atoms with Gasteiger partial charge in [-0.2, -0.15) is 0 Å². The lowest BCUT2D eigenvalue weighted by Crippen LogP contribution is -2.69. The molecule has 4 saturated heterocycles. The number of rotatable bonds is 5. The van der Waals surface area contributed by atoms with Crippen molar-refractivity contribution in [3.05, 3.63) is 63.9 Å². The fourth-order valence-corrected chi connectivity index (χ4v) is 10.1. The minimum Gasteiger partial charge on any atom is -0.507 e. The predicted octanol–water partition coefficient (Wildman–Crippen LogP) is 2.01. The third kappa shape index (κ3) is 6.48. The van der Waals surface area contributed by atoms with Crippen LogP contribution in [0.1, 0.15) is 106 Å². The van der Waals surface area contributed by atoms with Gasteiger partial charge in [0, 0.05) is 54.9 Å². The average Bonchev–Trinajstić information content (AvgIpc) is 3.17. The highest BCUT2D eigenvalue weighted by molar-refractivity contribution is 6.32. The molecule has 15 atom stereocenters. The molecule has 5 heterocycles. The Morgan fingerprint density at radius 2 is 1.63 bits per heavy atom. The molecule has 15 unspecified atom stereocenters. The molecule has 17 heteroatoms.